The lowest BCUT2D eigenvalue weighted by atomic mass is 9.43. The SMILES string of the molecule is CC1(C)[C@H]2C[C@H](NC[C@@H]3CCCN3)[C@](C)(O)[C@@H]1C2. The second-order valence-corrected chi connectivity index (χ2v) is 7.52. The average Bonchev–Trinajstić information content (AvgIpc) is 2.78. The van der Waals surface area contributed by atoms with Gasteiger partial charge in [-0.15, -0.1) is 0 Å². The van der Waals surface area contributed by atoms with Gasteiger partial charge in [-0.1, -0.05) is 13.8 Å². The van der Waals surface area contributed by atoms with Crippen molar-refractivity contribution in [1.29, 1.82) is 0 Å². The van der Waals surface area contributed by atoms with E-state index in [1.165, 1.54) is 19.3 Å². The van der Waals surface area contributed by atoms with Crippen molar-refractivity contribution in [1.82, 2.24) is 10.6 Å². The lowest BCUT2D eigenvalue weighted by molar-refractivity contribution is -0.209. The van der Waals surface area contributed by atoms with Gasteiger partial charge >= 0.3 is 0 Å². The van der Waals surface area contributed by atoms with Gasteiger partial charge in [0.25, 0.3) is 0 Å². The molecule has 0 spiro atoms. The van der Waals surface area contributed by atoms with E-state index in [1.807, 2.05) is 0 Å². The van der Waals surface area contributed by atoms with Gasteiger partial charge in [-0.25, -0.2) is 0 Å². The molecule has 0 aromatic carbocycles. The van der Waals surface area contributed by atoms with Crippen LogP contribution < -0.4 is 10.6 Å². The third-order valence-electron chi connectivity index (χ3n) is 6.17. The van der Waals surface area contributed by atoms with Crippen molar-refractivity contribution >= 4 is 0 Å². The summed E-state index contributed by atoms with van der Waals surface area (Å²) < 4.78 is 0. The van der Waals surface area contributed by atoms with Crippen molar-refractivity contribution in [2.45, 2.75) is 64.1 Å². The van der Waals surface area contributed by atoms with Gasteiger partial charge in [0, 0.05) is 18.6 Å². The molecule has 0 unspecified atom stereocenters. The van der Waals surface area contributed by atoms with Gasteiger partial charge in [-0.05, 0) is 56.4 Å². The topological polar surface area (TPSA) is 44.3 Å². The van der Waals surface area contributed by atoms with Crippen LogP contribution in [0.15, 0.2) is 0 Å². The Morgan fingerprint density at radius 3 is 2.61 bits per heavy atom. The number of hydrogen-bond acceptors (Lipinski definition) is 3. The van der Waals surface area contributed by atoms with E-state index < -0.39 is 5.60 Å². The molecule has 0 aromatic rings. The maximum absolute atomic E-state index is 10.9. The normalized spacial score (nSPS) is 50.0. The quantitative estimate of drug-likeness (QED) is 0.713. The molecule has 3 heteroatoms. The summed E-state index contributed by atoms with van der Waals surface area (Å²) in [5, 5.41) is 18.0. The molecule has 1 heterocycles. The van der Waals surface area contributed by atoms with E-state index in [2.05, 4.69) is 31.4 Å². The minimum absolute atomic E-state index is 0.289. The highest BCUT2D eigenvalue weighted by Gasteiger charge is 2.62. The number of nitrogens with one attached hydrogen (secondary N) is 2. The van der Waals surface area contributed by atoms with Gasteiger partial charge in [0.2, 0.25) is 0 Å². The molecular weight excluding hydrogens is 224 g/mol. The van der Waals surface area contributed by atoms with Gasteiger partial charge in [0.1, 0.15) is 0 Å². The molecule has 3 aliphatic carbocycles. The molecule has 0 radical (unpaired) electrons. The number of rotatable bonds is 3. The molecule has 4 aliphatic rings. The third kappa shape index (κ3) is 1.83. The molecule has 1 saturated heterocycles. The van der Waals surface area contributed by atoms with Crippen LogP contribution in [0.3, 0.4) is 0 Å². The smallest absolute Gasteiger partial charge is 0.0805 e. The second-order valence-electron chi connectivity index (χ2n) is 7.52. The first-order chi connectivity index (χ1) is 8.42. The molecule has 18 heavy (non-hydrogen) atoms. The molecule has 1 aliphatic heterocycles. The molecule has 0 aromatic heterocycles. The van der Waals surface area contributed by atoms with Gasteiger partial charge in [0.15, 0.2) is 0 Å². The van der Waals surface area contributed by atoms with Crippen molar-refractivity contribution in [3.05, 3.63) is 0 Å². The van der Waals surface area contributed by atoms with E-state index in [0.717, 1.165) is 25.4 Å². The van der Waals surface area contributed by atoms with Crippen molar-refractivity contribution in [3.8, 4) is 0 Å². The van der Waals surface area contributed by atoms with Gasteiger partial charge in [0.05, 0.1) is 5.60 Å². The van der Waals surface area contributed by atoms with Crippen molar-refractivity contribution in [2.24, 2.45) is 17.3 Å². The Morgan fingerprint density at radius 2 is 2.06 bits per heavy atom. The lowest BCUT2D eigenvalue weighted by Crippen LogP contribution is -2.70. The lowest BCUT2D eigenvalue weighted by Gasteiger charge is -2.65. The summed E-state index contributed by atoms with van der Waals surface area (Å²) >= 11 is 0. The molecule has 3 N–H and O–H groups in total. The number of fused-ring (bicyclic) bond motifs is 2. The summed E-state index contributed by atoms with van der Waals surface area (Å²) in [5.74, 6) is 1.27. The Labute approximate surface area is 111 Å². The molecule has 4 rings (SSSR count). The van der Waals surface area contributed by atoms with E-state index in [-0.39, 0.29) is 6.04 Å². The fraction of sp³-hybridized carbons (Fsp3) is 1.00. The van der Waals surface area contributed by atoms with Crippen LogP contribution in [-0.2, 0) is 0 Å². The molecule has 0 amide bonds. The summed E-state index contributed by atoms with van der Waals surface area (Å²) in [7, 11) is 0. The number of aliphatic hydroxyl groups is 1. The second kappa shape index (κ2) is 4.19. The van der Waals surface area contributed by atoms with Gasteiger partial charge < -0.3 is 15.7 Å². The van der Waals surface area contributed by atoms with Crippen molar-refractivity contribution < 1.29 is 5.11 Å². The van der Waals surface area contributed by atoms with Crippen LogP contribution in [0.4, 0.5) is 0 Å². The van der Waals surface area contributed by atoms with Crippen LogP contribution in [0.25, 0.3) is 0 Å². The molecule has 2 bridgehead atoms. The van der Waals surface area contributed by atoms with E-state index >= 15 is 0 Å². The summed E-state index contributed by atoms with van der Waals surface area (Å²) in [6.45, 7) is 8.88. The standard InChI is InChI=1S/C15H28N2O/c1-14(2)10-7-12(14)15(3,18)13(8-10)17-9-11-5-4-6-16-11/h10-13,16-18H,4-9H2,1-3H3/t10-,11+,12-,13+,15-/m1/s1. The molecule has 5 atom stereocenters. The summed E-state index contributed by atoms with van der Waals surface area (Å²) in [4.78, 5) is 0. The maximum Gasteiger partial charge on any atom is 0.0805 e. The van der Waals surface area contributed by atoms with Crippen LogP contribution in [0.5, 0.6) is 0 Å². The van der Waals surface area contributed by atoms with Crippen LogP contribution in [0.1, 0.15) is 46.5 Å². The molecular formula is C15H28N2O. The van der Waals surface area contributed by atoms with E-state index in [4.69, 9.17) is 0 Å². The first kappa shape index (κ1) is 12.9. The Bertz CT molecular complexity index is 320. The predicted molar refractivity (Wildman–Crippen MR) is 73.4 cm³/mol. The zero-order valence-electron chi connectivity index (χ0n) is 12.0. The number of hydrogen-bond donors (Lipinski definition) is 3. The zero-order valence-corrected chi connectivity index (χ0v) is 12.0. The minimum atomic E-state index is -0.531. The maximum atomic E-state index is 10.9. The van der Waals surface area contributed by atoms with Crippen LogP contribution >= 0.6 is 0 Å². The van der Waals surface area contributed by atoms with Gasteiger partial charge in [-0.2, -0.15) is 0 Å². The molecule has 3 nitrogen and oxygen atoms in total. The summed E-state index contributed by atoms with van der Waals surface area (Å²) in [6, 6.07) is 0.906. The van der Waals surface area contributed by atoms with Crippen molar-refractivity contribution in [2.75, 3.05) is 13.1 Å². The van der Waals surface area contributed by atoms with Crippen molar-refractivity contribution in [3.63, 3.8) is 0 Å². The Hall–Kier alpha value is -0.120. The van der Waals surface area contributed by atoms with E-state index in [0.29, 0.717) is 17.4 Å². The highest BCUT2D eigenvalue weighted by molar-refractivity contribution is 5.14. The van der Waals surface area contributed by atoms with Crippen LogP contribution in [0, 0.1) is 17.3 Å². The molecule has 3 saturated carbocycles. The molecule has 4 fully saturated rings. The third-order valence-corrected chi connectivity index (χ3v) is 6.17. The van der Waals surface area contributed by atoms with Crippen LogP contribution in [0.2, 0.25) is 0 Å². The fourth-order valence-corrected chi connectivity index (χ4v) is 4.68. The van der Waals surface area contributed by atoms with E-state index in [9.17, 15) is 5.11 Å². The fourth-order valence-electron chi connectivity index (χ4n) is 4.68. The predicted octanol–water partition coefficient (Wildman–Crippen LogP) is 1.51. The summed E-state index contributed by atoms with van der Waals surface area (Å²) in [6.07, 6.45) is 4.94. The first-order valence-electron chi connectivity index (χ1n) is 7.61. The minimum Gasteiger partial charge on any atom is -0.388 e. The summed E-state index contributed by atoms with van der Waals surface area (Å²) in [5.41, 5.74) is -0.190. The zero-order chi connectivity index (χ0) is 13.0. The molecule has 104 valence electrons. The highest BCUT2D eigenvalue weighted by Crippen LogP contribution is 2.62. The monoisotopic (exact) mass is 252 g/mol. The Morgan fingerprint density at radius 1 is 1.28 bits per heavy atom. The van der Waals surface area contributed by atoms with Gasteiger partial charge in [-0.3, -0.25) is 0 Å². The highest BCUT2D eigenvalue weighted by atomic mass is 16.3. The Balaban J connectivity index is 1.60. The van der Waals surface area contributed by atoms with Crippen LogP contribution in [-0.4, -0.2) is 35.9 Å². The largest absolute Gasteiger partial charge is 0.388 e. The average molecular weight is 252 g/mol. The van der Waals surface area contributed by atoms with E-state index in [1.54, 1.807) is 0 Å². The first-order valence-corrected chi connectivity index (χ1v) is 7.61. The Kier molecular flexibility index (Phi) is 3.00.